The zero-order valence-electron chi connectivity index (χ0n) is 7.64. The summed E-state index contributed by atoms with van der Waals surface area (Å²) in [4.78, 5) is 0. The van der Waals surface area contributed by atoms with Crippen LogP contribution >= 0.6 is 0 Å². The maximum atomic E-state index is 2.40. The van der Waals surface area contributed by atoms with Crippen LogP contribution in [0.25, 0.3) is 0 Å². The van der Waals surface area contributed by atoms with Gasteiger partial charge in [0.15, 0.2) is 0 Å². The highest BCUT2D eigenvalue weighted by atomic mass is 14.2. The smallest absolute Gasteiger partial charge is 0.0168 e. The van der Waals surface area contributed by atoms with E-state index in [1.807, 2.05) is 0 Å². The van der Waals surface area contributed by atoms with Gasteiger partial charge in [-0.05, 0) is 44.1 Å². The van der Waals surface area contributed by atoms with Crippen LogP contribution in [0, 0.1) is 5.92 Å². The fourth-order valence-electron chi connectivity index (χ4n) is 1.80. The van der Waals surface area contributed by atoms with Gasteiger partial charge in [-0.2, -0.15) is 0 Å². The third-order valence-electron chi connectivity index (χ3n) is 2.46. The molecule has 0 N–H and O–H groups in total. The quantitative estimate of drug-likeness (QED) is 0.563. The molecule has 0 heteroatoms. The highest BCUT2D eigenvalue weighted by Crippen LogP contribution is 2.27. The minimum absolute atomic E-state index is 0.847. The number of rotatable bonds is 2. The van der Waals surface area contributed by atoms with Gasteiger partial charge in [-0.3, -0.25) is 0 Å². The van der Waals surface area contributed by atoms with E-state index in [2.05, 4.69) is 32.1 Å². The molecule has 62 valence electrons. The minimum atomic E-state index is 0.847. The van der Waals surface area contributed by atoms with Crippen LogP contribution in [-0.4, -0.2) is 0 Å². The van der Waals surface area contributed by atoms with Crippen LogP contribution in [0.3, 0.4) is 0 Å². The van der Waals surface area contributed by atoms with Gasteiger partial charge in [-0.15, -0.1) is 0 Å². The van der Waals surface area contributed by atoms with Gasteiger partial charge < -0.3 is 0 Å². The molecule has 0 nitrogen and oxygen atoms in total. The second kappa shape index (κ2) is 4.38. The summed E-state index contributed by atoms with van der Waals surface area (Å²) in [5.41, 5.74) is 1.57. The summed E-state index contributed by atoms with van der Waals surface area (Å²) in [6.45, 7) is 4.38. The highest BCUT2D eigenvalue weighted by Gasteiger charge is 2.12. The normalized spacial score (nSPS) is 25.6. The molecule has 0 aromatic rings. The molecule has 0 heterocycles. The Morgan fingerprint density at radius 3 is 3.09 bits per heavy atom. The standard InChI is InChI=1S/C11H18/c1-3-7-11-9-6-5-8-10(11)4-2/h3,7,9-10H,4-6,8H2,1-2H3/b7-3-. The molecule has 0 aromatic heterocycles. The molecule has 1 aliphatic rings. The van der Waals surface area contributed by atoms with Crippen LogP contribution in [0.15, 0.2) is 23.8 Å². The molecule has 1 atom stereocenters. The third kappa shape index (κ3) is 2.21. The first-order valence-electron chi connectivity index (χ1n) is 4.71. The van der Waals surface area contributed by atoms with Crippen molar-refractivity contribution >= 4 is 0 Å². The van der Waals surface area contributed by atoms with Crippen molar-refractivity contribution in [1.82, 2.24) is 0 Å². The SMILES string of the molecule is C/C=C\C1=CCCCC1CC. The molecule has 0 aromatic carbocycles. The molecular formula is C11H18. The average Bonchev–Trinajstić information content (AvgIpc) is 2.06. The molecule has 1 aliphatic carbocycles. The Morgan fingerprint density at radius 2 is 2.45 bits per heavy atom. The van der Waals surface area contributed by atoms with E-state index < -0.39 is 0 Å². The van der Waals surface area contributed by atoms with E-state index in [0.717, 1.165) is 5.92 Å². The average molecular weight is 150 g/mol. The molecule has 0 bridgehead atoms. The summed E-state index contributed by atoms with van der Waals surface area (Å²) in [5, 5.41) is 0. The molecule has 0 saturated carbocycles. The minimum Gasteiger partial charge on any atom is -0.0874 e. The first-order chi connectivity index (χ1) is 5.38. The van der Waals surface area contributed by atoms with Crippen molar-refractivity contribution < 1.29 is 0 Å². The fraction of sp³-hybridized carbons (Fsp3) is 0.636. The van der Waals surface area contributed by atoms with Crippen molar-refractivity contribution in [3.8, 4) is 0 Å². The monoisotopic (exact) mass is 150 g/mol. The van der Waals surface area contributed by atoms with E-state index in [1.165, 1.54) is 25.7 Å². The van der Waals surface area contributed by atoms with Gasteiger partial charge in [0.2, 0.25) is 0 Å². The van der Waals surface area contributed by atoms with E-state index in [4.69, 9.17) is 0 Å². The molecular weight excluding hydrogens is 132 g/mol. The van der Waals surface area contributed by atoms with Gasteiger partial charge in [0.05, 0.1) is 0 Å². The lowest BCUT2D eigenvalue weighted by Gasteiger charge is -2.20. The van der Waals surface area contributed by atoms with Gasteiger partial charge in [0.1, 0.15) is 0 Å². The van der Waals surface area contributed by atoms with Crippen LogP contribution in [0.4, 0.5) is 0 Å². The fourth-order valence-corrected chi connectivity index (χ4v) is 1.80. The van der Waals surface area contributed by atoms with Crippen molar-refractivity contribution in [3.63, 3.8) is 0 Å². The predicted molar refractivity (Wildman–Crippen MR) is 50.5 cm³/mol. The van der Waals surface area contributed by atoms with Gasteiger partial charge in [-0.1, -0.05) is 25.2 Å². The molecule has 1 unspecified atom stereocenters. The lowest BCUT2D eigenvalue weighted by atomic mass is 9.86. The Morgan fingerprint density at radius 1 is 1.64 bits per heavy atom. The second-order valence-corrected chi connectivity index (χ2v) is 3.24. The lowest BCUT2D eigenvalue weighted by molar-refractivity contribution is 0.507. The molecule has 1 rings (SSSR count). The van der Waals surface area contributed by atoms with E-state index in [0.29, 0.717) is 0 Å². The lowest BCUT2D eigenvalue weighted by Crippen LogP contribution is -2.05. The number of hydrogen-bond acceptors (Lipinski definition) is 0. The largest absolute Gasteiger partial charge is 0.0874 e. The van der Waals surface area contributed by atoms with Gasteiger partial charge in [-0.25, -0.2) is 0 Å². The highest BCUT2D eigenvalue weighted by molar-refractivity contribution is 5.22. The van der Waals surface area contributed by atoms with E-state index in [-0.39, 0.29) is 0 Å². The molecule has 0 radical (unpaired) electrons. The van der Waals surface area contributed by atoms with Crippen molar-refractivity contribution in [1.29, 1.82) is 0 Å². The van der Waals surface area contributed by atoms with E-state index >= 15 is 0 Å². The van der Waals surface area contributed by atoms with E-state index in [1.54, 1.807) is 5.57 Å². The van der Waals surface area contributed by atoms with Crippen molar-refractivity contribution in [2.75, 3.05) is 0 Å². The molecule has 0 saturated heterocycles. The summed E-state index contributed by atoms with van der Waals surface area (Å²) < 4.78 is 0. The predicted octanol–water partition coefficient (Wildman–Crippen LogP) is 3.70. The third-order valence-corrected chi connectivity index (χ3v) is 2.46. The molecule has 11 heavy (non-hydrogen) atoms. The topological polar surface area (TPSA) is 0 Å². The summed E-state index contributed by atoms with van der Waals surface area (Å²) >= 11 is 0. The van der Waals surface area contributed by atoms with Crippen LogP contribution in [-0.2, 0) is 0 Å². The Balaban J connectivity index is 2.63. The molecule has 0 amide bonds. The Hall–Kier alpha value is -0.520. The zero-order chi connectivity index (χ0) is 8.10. The molecule has 0 spiro atoms. The first kappa shape index (κ1) is 8.58. The van der Waals surface area contributed by atoms with Crippen LogP contribution in [0.5, 0.6) is 0 Å². The van der Waals surface area contributed by atoms with Crippen molar-refractivity contribution in [2.45, 2.75) is 39.5 Å². The first-order valence-corrected chi connectivity index (χ1v) is 4.71. The second-order valence-electron chi connectivity index (χ2n) is 3.24. The number of allylic oxidation sites excluding steroid dienone is 4. The molecule has 0 aliphatic heterocycles. The van der Waals surface area contributed by atoms with Crippen molar-refractivity contribution in [3.05, 3.63) is 23.8 Å². The van der Waals surface area contributed by atoms with Crippen molar-refractivity contribution in [2.24, 2.45) is 5.92 Å². The van der Waals surface area contributed by atoms with E-state index in [9.17, 15) is 0 Å². The zero-order valence-corrected chi connectivity index (χ0v) is 7.64. The Labute approximate surface area is 70.0 Å². The maximum absolute atomic E-state index is 2.40. The van der Waals surface area contributed by atoms with Gasteiger partial charge >= 0.3 is 0 Å². The summed E-state index contributed by atoms with van der Waals surface area (Å²) in [7, 11) is 0. The summed E-state index contributed by atoms with van der Waals surface area (Å²) in [5.74, 6) is 0.847. The Bertz CT molecular complexity index is 163. The number of hydrogen-bond donors (Lipinski definition) is 0. The van der Waals surface area contributed by atoms with Gasteiger partial charge in [0, 0.05) is 0 Å². The summed E-state index contributed by atoms with van der Waals surface area (Å²) in [6, 6.07) is 0. The van der Waals surface area contributed by atoms with Crippen LogP contribution in [0.1, 0.15) is 39.5 Å². The van der Waals surface area contributed by atoms with Crippen LogP contribution in [0.2, 0.25) is 0 Å². The van der Waals surface area contributed by atoms with Gasteiger partial charge in [0.25, 0.3) is 0 Å². The molecule has 0 fully saturated rings. The maximum Gasteiger partial charge on any atom is -0.0168 e. The summed E-state index contributed by atoms with van der Waals surface area (Å²) in [6.07, 6.45) is 12.2. The van der Waals surface area contributed by atoms with Crippen LogP contribution < -0.4 is 0 Å². The Kier molecular flexibility index (Phi) is 3.41.